The van der Waals surface area contributed by atoms with Gasteiger partial charge in [-0.2, -0.15) is 5.10 Å². The Labute approximate surface area is 91.7 Å². The van der Waals surface area contributed by atoms with Crippen molar-refractivity contribution in [2.75, 3.05) is 5.73 Å². The summed E-state index contributed by atoms with van der Waals surface area (Å²) in [4.78, 5) is 0. The van der Waals surface area contributed by atoms with Crippen LogP contribution in [0.5, 0.6) is 0 Å². The maximum Gasteiger partial charge on any atom is 0.145 e. The van der Waals surface area contributed by atoms with Crippen LogP contribution in [-0.2, 0) is 0 Å². The van der Waals surface area contributed by atoms with Gasteiger partial charge in [-0.25, -0.2) is 0 Å². The zero-order valence-electron chi connectivity index (χ0n) is 9.90. The number of aromatic nitrogens is 2. The average Bonchev–Trinajstić information content (AvgIpc) is 2.43. The lowest BCUT2D eigenvalue weighted by molar-refractivity contribution is 0.208. The fraction of sp³-hybridized carbons (Fsp3) is 0.750. The van der Waals surface area contributed by atoms with E-state index in [9.17, 15) is 0 Å². The molecule has 0 aromatic carbocycles. The van der Waals surface area contributed by atoms with E-state index in [2.05, 4.69) is 30.6 Å². The Hall–Kier alpha value is -0.990. The van der Waals surface area contributed by atoms with E-state index in [-0.39, 0.29) is 0 Å². The third kappa shape index (κ3) is 2.16. The summed E-state index contributed by atoms with van der Waals surface area (Å²) in [6.45, 7) is 6.77. The summed E-state index contributed by atoms with van der Waals surface area (Å²) in [5, 5.41) is 4.40. The first-order valence-electron chi connectivity index (χ1n) is 5.88. The molecule has 84 valence electrons. The quantitative estimate of drug-likeness (QED) is 0.769. The van der Waals surface area contributed by atoms with E-state index in [1.807, 2.05) is 6.07 Å². The van der Waals surface area contributed by atoms with Gasteiger partial charge in [0.25, 0.3) is 0 Å². The van der Waals surface area contributed by atoms with Crippen molar-refractivity contribution in [1.29, 1.82) is 0 Å². The Bertz CT molecular complexity index is 333. The summed E-state index contributed by atoms with van der Waals surface area (Å²) in [6.07, 6.45) is 3.84. The van der Waals surface area contributed by atoms with Gasteiger partial charge < -0.3 is 5.73 Å². The van der Waals surface area contributed by atoms with Crippen molar-refractivity contribution in [3.63, 3.8) is 0 Å². The molecule has 0 radical (unpaired) electrons. The van der Waals surface area contributed by atoms with Crippen molar-refractivity contribution in [2.24, 2.45) is 11.8 Å². The molecule has 0 amide bonds. The van der Waals surface area contributed by atoms with Crippen LogP contribution in [0.25, 0.3) is 0 Å². The van der Waals surface area contributed by atoms with Crippen LogP contribution in [0.4, 0.5) is 5.82 Å². The van der Waals surface area contributed by atoms with Crippen LogP contribution in [0.1, 0.15) is 44.8 Å². The Morgan fingerprint density at radius 2 is 1.87 bits per heavy atom. The largest absolute Gasteiger partial charge is 0.382 e. The minimum Gasteiger partial charge on any atom is -0.382 e. The molecule has 3 heteroatoms. The molecular formula is C12H21N3. The maximum absolute atomic E-state index is 5.72. The number of nitrogens with zero attached hydrogens (tertiary/aromatic N) is 2. The number of nitrogens with two attached hydrogens (primary N) is 1. The normalized spacial score (nSPS) is 31.8. The highest BCUT2D eigenvalue weighted by Crippen LogP contribution is 2.36. The first-order valence-corrected chi connectivity index (χ1v) is 5.88. The average molecular weight is 207 g/mol. The lowest BCUT2D eigenvalue weighted by Crippen LogP contribution is -2.24. The molecule has 1 aromatic rings. The molecule has 2 unspecified atom stereocenters. The monoisotopic (exact) mass is 207 g/mol. The molecule has 1 aromatic heterocycles. The first kappa shape index (κ1) is 10.5. The van der Waals surface area contributed by atoms with E-state index in [0.717, 1.165) is 11.8 Å². The summed E-state index contributed by atoms with van der Waals surface area (Å²) < 4.78 is 2.13. The second-order valence-electron chi connectivity index (χ2n) is 5.23. The molecule has 0 aliphatic heterocycles. The molecule has 2 rings (SSSR count). The Kier molecular flexibility index (Phi) is 2.72. The van der Waals surface area contributed by atoms with E-state index >= 15 is 0 Å². The number of nitrogen functional groups attached to an aromatic ring is 1. The molecule has 1 heterocycles. The summed E-state index contributed by atoms with van der Waals surface area (Å²) in [5.74, 6) is 2.27. The molecule has 3 nitrogen and oxygen atoms in total. The standard InChI is InChI=1S/C12H21N3/c1-8-4-9(2)6-11(5-8)15-10(3)7-12(13)14-15/h7-9,11H,4-6H2,1-3H3,(H2,13,14). The van der Waals surface area contributed by atoms with Gasteiger partial charge in [0.1, 0.15) is 5.82 Å². The van der Waals surface area contributed by atoms with Crippen molar-refractivity contribution in [2.45, 2.75) is 46.1 Å². The van der Waals surface area contributed by atoms with Gasteiger partial charge in [0, 0.05) is 11.8 Å². The van der Waals surface area contributed by atoms with Crippen LogP contribution in [-0.4, -0.2) is 9.78 Å². The number of hydrogen-bond acceptors (Lipinski definition) is 2. The van der Waals surface area contributed by atoms with E-state index in [1.54, 1.807) is 0 Å². The van der Waals surface area contributed by atoms with E-state index in [1.165, 1.54) is 25.0 Å². The summed E-state index contributed by atoms with van der Waals surface area (Å²) in [7, 11) is 0. The third-order valence-corrected chi connectivity index (χ3v) is 3.44. The maximum atomic E-state index is 5.72. The Balaban J connectivity index is 2.19. The molecule has 1 aliphatic carbocycles. The van der Waals surface area contributed by atoms with E-state index in [4.69, 9.17) is 5.73 Å². The van der Waals surface area contributed by atoms with Gasteiger partial charge in [0.15, 0.2) is 0 Å². The van der Waals surface area contributed by atoms with Gasteiger partial charge in [-0.15, -0.1) is 0 Å². The van der Waals surface area contributed by atoms with Gasteiger partial charge >= 0.3 is 0 Å². The van der Waals surface area contributed by atoms with Gasteiger partial charge in [0.2, 0.25) is 0 Å². The Morgan fingerprint density at radius 1 is 1.27 bits per heavy atom. The Morgan fingerprint density at radius 3 is 2.33 bits per heavy atom. The zero-order chi connectivity index (χ0) is 11.0. The van der Waals surface area contributed by atoms with Gasteiger partial charge in [-0.1, -0.05) is 13.8 Å². The lowest BCUT2D eigenvalue weighted by atomic mass is 9.80. The minimum atomic E-state index is 0.557. The highest BCUT2D eigenvalue weighted by Gasteiger charge is 2.26. The zero-order valence-corrected chi connectivity index (χ0v) is 9.90. The van der Waals surface area contributed by atoms with Crippen LogP contribution in [0.2, 0.25) is 0 Å². The second-order valence-corrected chi connectivity index (χ2v) is 5.23. The predicted molar refractivity (Wildman–Crippen MR) is 62.6 cm³/mol. The first-order chi connectivity index (χ1) is 7.06. The van der Waals surface area contributed by atoms with Crippen molar-refractivity contribution < 1.29 is 0 Å². The summed E-state index contributed by atoms with van der Waals surface area (Å²) in [6, 6.07) is 2.52. The summed E-state index contributed by atoms with van der Waals surface area (Å²) in [5.41, 5.74) is 6.92. The van der Waals surface area contributed by atoms with Crippen LogP contribution >= 0.6 is 0 Å². The van der Waals surface area contributed by atoms with Crippen LogP contribution in [0, 0.1) is 18.8 Å². The van der Waals surface area contributed by atoms with Crippen molar-refractivity contribution in [3.05, 3.63) is 11.8 Å². The van der Waals surface area contributed by atoms with Crippen molar-refractivity contribution in [1.82, 2.24) is 9.78 Å². The van der Waals surface area contributed by atoms with E-state index in [0.29, 0.717) is 11.9 Å². The highest BCUT2D eigenvalue weighted by atomic mass is 15.3. The van der Waals surface area contributed by atoms with Gasteiger partial charge in [-0.05, 0) is 38.0 Å². The van der Waals surface area contributed by atoms with Crippen molar-refractivity contribution in [3.8, 4) is 0 Å². The molecule has 15 heavy (non-hydrogen) atoms. The third-order valence-electron chi connectivity index (χ3n) is 3.44. The fourth-order valence-electron chi connectivity index (χ4n) is 2.99. The summed E-state index contributed by atoms with van der Waals surface area (Å²) >= 11 is 0. The van der Waals surface area contributed by atoms with Gasteiger partial charge in [-0.3, -0.25) is 4.68 Å². The minimum absolute atomic E-state index is 0.557. The SMILES string of the molecule is Cc1cc(N)nn1C1CC(C)CC(C)C1. The number of rotatable bonds is 1. The van der Waals surface area contributed by atoms with Crippen LogP contribution in [0.15, 0.2) is 6.07 Å². The molecule has 0 bridgehead atoms. The van der Waals surface area contributed by atoms with Gasteiger partial charge in [0.05, 0.1) is 6.04 Å². The predicted octanol–water partition coefficient (Wildman–Crippen LogP) is 2.77. The highest BCUT2D eigenvalue weighted by molar-refractivity contribution is 5.29. The lowest BCUT2D eigenvalue weighted by Gasteiger charge is -2.32. The van der Waals surface area contributed by atoms with Crippen molar-refractivity contribution >= 4 is 5.82 Å². The fourth-order valence-corrected chi connectivity index (χ4v) is 2.99. The molecule has 1 fully saturated rings. The molecule has 2 atom stereocenters. The molecule has 1 saturated carbocycles. The van der Waals surface area contributed by atoms with Crippen LogP contribution < -0.4 is 5.73 Å². The van der Waals surface area contributed by atoms with Crippen LogP contribution in [0.3, 0.4) is 0 Å². The number of aryl methyl sites for hydroxylation is 1. The second kappa shape index (κ2) is 3.87. The molecule has 1 aliphatic rings. The number of hydrogen-bond donors (Lipinski definition) is 1. The van der Waals surface area contributed by atoms with E-state index < -0.39 is 0 Å². The molecule has 0 spiro atoms. The molecule has 2 N–H and O–H groups in total. The topological polar surface area (TPSA) is 43.8 Å². The number of anilines is 1. The smallest absolute Gasteiger partial charge is 0.145 e. The molecule has 0 saturated heterocycles. The molecular weight excluding hydrogens is 186 g/mol.